The van der Waals surface area contributed by atoms with Gasteiger partial charge in [0.1, 0.15) is 11.7 Å². The predicted molar refractivity (Wildman–Crippen MR) is 180 cm³/mol. The molecule has 6 atom stereocenters. The zero-order valence-electron chi connectivity index (χ0n) is 28.3. The molecule has 0 saturated carbocycles. The van der Waals surface area contributed by atoms with Gasteiger partial charge in [0, 0.05) is 17.2 Å². The monoisotopic (exact) mass is 648 g/mol. The number of hydrogen-bond acceptors (Lipinski definition) is 6. The number of carbonyl (C=O) groups excluding carboxylic acids is 3. The van der Waals surface area contributed by atoms with Gasteiger partial charge in [-0.25, -0.2) is 0 Å². The van der Waals surface area contributed by atoms with Crippen molar-refractivity contribution in [3.8, 4) is 0 Å². The average molecular weight is 649 g/mol. The summed E-state index contributed by atoms with van der Waals surface area (Å²) in [7, 11) is 2.66. The van der Waals surface area contributed by atoms with E-state index in [1.54, 1.807) is 6.92 Å². The van der Waals surface area contributed by atoms with E-state index in [4.69, 9.17) is 30.1 Å². The molecule has 2 saturated heterocycles. The van der Waals surface area contributed by atoms with Crippen LogP contribution in [-0.4, -0.2) is 66.1 Å². The summed E-state index contributed by atoms with van der Waals surface area (Å²) in [4.78, 5) is 48.6. The SMILES string of the molecule is CC[C@H]1/C2=C/c3[n-]c4c(c3C)=C(O)[C@H](C(=O)OC)C=4[C@@H]3[N-]/C(=C\c4[n-]c(c(C(C)=O)c4C)/C=C(\[N-]2)[C@@H]1C)[C@@H](C)[C@@H]3CCC(=O)OC.[Mg+2]. The molecule has 4 aliphatic rings. The van der Waals surface area contributed by atoms with Crippen molar-refractivity contribution in [2.24, 2.45) is 29.6 Å². The molecular weight excluding hydrogens is 609 g/mol. The van der Waals surface area contributed by atoms with E-state index in [1.807, 2.05) is 39.0 Å². The van der Waals surface area contributed by atoms with Crippen LogP contribution in [0.1, 0.15) is 85.5 Å². The Morgan fingerprint density at radius 3 is 2.19 bits per heavy atom. The number of rotatable bonds is 6. The molecule has 2 fully saturated rings. The van der Waals surface area contributed by atoms with E-state index in [9.17, 15) is 19.5 Å². The smallest absolute Gasteiger partial charge is 0.681 e. The van der Waals surface area contributed by atoms with Crippen LogP contribution in [0.3, 0.4) is 0 Å². The van der Waals surface area contributed by atoms with Crippen LogP contribution in [0, 0.1) is 43.4 Å². The molecule has 0 radical (unpaired) electrons. The molecule has 0 unspecified atom stereocenters. The van der Waals surface area contributed by atoms with Crippen LogP contribution in [0.25, 0.3) is 40.2 Å². The number of methoxy groups -OCH3 is 2. The fourth-order valence-electron chi connectivity index (χ4n) is 7.82. The van der Waals surface area contributed by atoms with Crippen molar-refractivity contribution in [2.75, 3.05) is 14.2 Å². The second-order valence-corrected chi connectivity index (χ2v) is 12.8. The summed E-state index contributed by atoms with van der Waals surface area (Å²) in [5.41, 5.74) is 6.93. The van der Waals surface area contributed by atoms with Crippen LogP contribution in [-0.2, 0) is 19.1 Å². The first-order chi connectivity index (χ1) is 21.9. The molecule has 1 N–H and O–H groups in total. The van der Waals surface area contributed by atoms with Gasteiger partial charge in [-0.1, -0.05) is 68.2 Å². The van der Waals surface area contributed by atoms with Gasteiger partial charge < -0.3 is 35.2 Å². The van der Waals surface area contributed by atoms with Crippen LogP contribution in [0.4, 0.5) is 0 Å². The summed E-state index contributed by atoms with van der Waals surface area (Å²) >= 11 is 0. The van der Waals surface area contributed by atoms with Gasteiger partial charge >= 0.3 is 35.0 Å². The zero-order valence-corrected chi connectivity index (χ0v) is 29.7. The van der Waals surface area contributed by atoms with E-state index in [0.717, 1.165) is 34.6 Å². The van der Waals surface area contributed by atoms with E-state index in [1.165, 1.54) is 14.2 Å². The quantitative estimate of drug-likeness (QED) is 0.275. The molecule has 2 aromatic heterocycles. The summed E-state index contributed by atoms with van der Waals surface area (Å²) in [5, 5.41) is 22.9. The third-order valence-electron chi connectivity index (χ3n) is 10.4. The number of aliphatic hydroxyl groups excluding tert-OH is 1. The molecule has 1 aliphatic carbocycles. The van der Waals surface area contributed by atoms with Crippen LogP contribution >= 0.6 is 0 Å². The minimum Gasteiger partial charge on any atom is -0.681 e. The van der Waals surface area contributed by atoms with Crippen molar-refractivity contribution in [1.82, 2.24) is 9.97 Å². The van der Waals surface area contributed by atoms with E-state index < -0.39 is 17.9 Å². The molecule has 244 valence electrons. The number of nitrogens with zero attached hydrogens (tertiary/aromatic N) is 4. The normalized spacial score (nSPS) is 29.0. The van der Waals surface area contributed by atoms with Gasteiger partial charge in [-0.2, -0.15) is 17.1 Å². The molecule has 0 aromatic carbocycles. The fraction of sp³-hybridized carbons (Fsp3) is 0.472. The van der Waals surface area contributed by atoms with Gasteiger partial charge in [-0.05, 0) is 50.9 Å². The number of ether oxygens (including phenoxy) is 2. The second kappa shape index (κ2) is 13.1. The standard InChI is InChI=1S/C36H41N4O6.Mg/c1-9-20-15(2)22-14-27-29(19(6)41)17(4)24(38-27)12-23-16(3)21(10-11-28(42)45-7)33(39-23)31-32(36(44)46-8)35(43)30-18(5)25(40-34(30)31)13-26(20)37-22;/h12-16,20-21,32-33H,9-11H2,1-8H3,(H2-,37,38,41,43);/q-3;+2/p-1/b23-12-,26-13-;/t15-,16+,20-,21+,32-,33-;/m1./s1. The summed E-state index contributed by atoms with van der Waals surface area (Å²) in [5.74, 6) is -2.38. The number of aromatic nitrogens is 2. The predicted octanol–water partition coefficient (Wildman–Crippen LogP) is 4.41. The van der Waals surface area contributed by atoms with Crippen molar-refractivity contribution in [3.05, 3.63) is 72.1 Å². The minimum atomic E-state index is -1.08. The first kappa shape index (κ1) is 34.6. The summed E-state index contributed by atoms with van der Waals surface area (Å²) < 4.78 is 10.2. The molecule has 8 bridgehead atoms. The van der Waals surface area contributed by atoms with Gasteiger partial charge in [0.15, 0.2) is 5.78 Å². The van der Waals surface area contributed by atoms with E-state index in [2.05, 4.69) is 13.8 Å². The van der Waals surface area contributed by atoms with Crippen molar-refractivity contribution in [2.45, 2.75) is 66.8 Å². The van der Waals surface area contributed by atoms with Crippen molar-refractivity contribution in [3.63, 3.8) is 0 Å². The van der Waals surface area contributed by atoms with E-state index in [0.29, 0.717) is 45.2 Å². The minimum absolute atomic E-state index is 0. The molecule has 11 heteroatoms. The topological polar surface area (TPSA) is 146 Å². The number of aliphatic hydroxyl groups is 1. The Labute approximate surface area is 291 Å². The number of Topliss-reactive ketones (excluding diaryl/α,β-unsaturated/α-hetero) is 1. The van der Waals surface area contributed by atoms with E-state index in [-0.39, 0.29) is 70.7 Å². The number of hydrogen-bond donors (Lipinski definition) is 1. The molecule has 0 spiro atoms. The molecule has 47 heavy (non-hydrogen) atoms. The summed E-state index contributed by atoms with van der Waals surface area (Å²) in [6.45, 7) is 11.6. The van der Waals surface area contributed by atoms with Gasteiger partial charge in [0.05, 0.1) is 14.2 Å². The first-order valence-electron chi connectivity index (χ1n) is 15.9. The maximum absolute atomic E-state index is 13.3. The third-order valence-corrected chi connectivity index (χ3v) is 10.4. The number of ketones is 1. The van der Waals surface area contributed by atoms with Crippen molar-refractivity contribution < 1.29 is 29.0 Å². The van der Waals surface area contributed by atoms with Crippen LogP contribution in [0.15, 0.2) is 17.1 Å². The number of carbonyl (C=O) groups is 3. The molecule has 0 amide bonds. The van der Waals surface area contributed by atoms with Gasteiger partial charge in [-0.15, -0.1) is 22.4 Å². The summed E-state index contributed by atoms with van der Waals surface area (Å²) in [6, 6.07) is -0.589. The molecule has 3 aliphatic heterocycles. The Balaban J connectivity index is 0.00000433. The Morgan fingerprint density at radius 1 is 0.894 bits per heavy atom. The Kier molecular flexibility index (Phi) is 9.63. The van der Waals surface area contributed by atoms with Gasteiger partial charge in [0.25, 0.3) is 0 Å². The van der Waals surface area contributed by atoms with Crippen LogP contribution in [0.2, 0.25) is 0 Å². The molecular formula is C36H40MgN4O6-2. The Hall–Kier alpha value is -3.70. The van der Waals surface area contributed by atoms with Crippen molar-refractivity contribution in [1.29, 1.82) is 0 Å². The average Bonchev–Trinajstić information content (AvgIpc) is 3.76. The third kappa shape index (κ3) is 5.54. The molecule has 10 nitrogen and oxygen atoms in total. The van der Waals surface area contributed by atoms with Crippen molar-refractivity contribution >= 4 is 70.3 Å². The zero-order chi connectivity index (χ0) is 33.2. The fourth-order valence-corrected chi connectivity index (χ4v) is 7.82. The number of allylic oxidation sites excluding steroid dienone is 3. The summed E-state index contributed by atoms with van der Waals surface area (Å²) in [6.07, 6.45) is 7.24. The first-order valence-corrected chi connectivity index (χ1v) is 15.9. The maximum atomic E-state index is 13.3. The molecule has 6 rings (SSSR count). The second-order valence-electron chi connectivity index (χ2n) is 12.8. The Morgan fingerprint density at radius 2 is 1.55 bits per heavy atom. The number of fused-ring (bicyclic) bond motifs is 8. The molecule has 5 heterocycles. The number of esters is 2. The van der Waals surface area contributed by atoms with Gasteiger partial charge in [0.2, 0.25) is 0 Å². The Bertz CT molecular complexity index is 1880. The van der Waals surface area contributed by atoms with E-state index >= 15 is 0 Å². The molecule has 2 aromatic rings. The van der Waals surface area contributed by atoms with Crippen LogP contribution in [0.5, 0.6) is 0 Å². The van der Waals surface area contributed by atoms with Crippen LogP contribution < -0.4 is 20.5 Å². The largest absolute Gasteiger partial charge is 2.00 e. The maximum Gasteiger partial charge on any atom is 2.00 e. The van der Waals surface area contributed by atoms with Gasteiger partial charge in [-0.3, -0.25) is 14.4 Å².